The maximum absolute atomic E-state index is 14.6. The van der Waals surface area contributed by atoms with Gasteiger partial charge in [-0.1, -0.05) is 45.2 Å². The minimum absolute atomic E-state index is 0. The highest BCUT2D eigenvalue weighted by Gasteiger charge is 2.47. The Morgan fingerprint density at radius 3 is 2.38 bits per heavy atom. The molecule has 0 radical (unpaired) electrons. The third kappa shape index (κ3) is 11.5. The van der Waals surface area contributed by atoms with Crippen LogP contribution in [-0.2, 0) is 9.53 Å². The minimum Gasteiger partial charge on any atom is -0.493 e. The number of alkyl halides is 2. The predicted molar refractivity (Wildman–Crippen MR) is 154 cm³/mol. The first kappa shape index (κ1) is 36.0. The Hall–Kier alpha value is -2.01. The van der Waals surface area contributed by atoms with Gasteiger partial charge in [0.15, 0.2) is 0 Å². The first-order valence-electron chi connectivity index (χ1n) is 14.2. The van der Waals surface area contributed by atoms with E-state index in [1.54, 1.807) is 25.3 Å². The van der Waals surface area contributed by atoms with E-state index in [4.69, 9.17) is 15.2 Å². The van der Waals surface area contributed by atoms with Crippen molar-refractivity contribution in [1.29, 1.82) is 0 Å². The number of hydrogen-bond acceptors (Lipinski definition) is 6. The summed E-state index contributed by atoms with van der Waals surface area (Å²) in [5, 5.41) is 15.6. The lowest BCUT2D eigenvalue weighted by Crippen LogP contribution is -2.51. The van der Waals surface area contributed by atoms with E-state index in [1.807, 2.05) is 19.9 Å². The molecule has 0 spiro atoms. The fraction of sp³-hybridized carbons (Fsp3) is 0.724. The summed E-state index contributed by atoms with van der Waals surface area (Å²) in [6.07, 6.45) is 3.77. The Kier molecular flexibility index (Phi) is 16.6. The van der Waals surface area contributed by atoms with Crippen molar-refractivity contribution in [2.75, 3.05) is 33.4 Å². The minimum atomic E-state index is -3.46. The van der Waals surface area contributed by atoms with Crippen LogP contribution in [0.5, 0.6) is 5.75 Å². The summed E-state index contributed by atoms with van der Waals surface area (Å²) in [5.74, 6) is -5.51. The van der Waals surface area contributed by atoms with E-state index in [0.29, 0.717) is 63.2 Å². The number of aliphatic hydroxyl groups is 1. The Morgan fingerprint density at radius 1 is 1.07 bits per heavy atom. The third-order valence-corrected chi connectivity index (χ3v) is 7.56. The Bertz CT molecular complexity index is 887. The van der Waals surface area contributed by atoms with Gasteiger partial charge in [-0.15, -0.1) is 12.4 Å². The Morgan fingerprint density at radius 2 is 1.73 bits per heavy atom. The van der Waals surface area contributed by atoms with Crippen molar-refractivity contribution in [2.45, 2.75) is 83.3 Å². The summed E-state index contributed by atoms with van der Waals surface area (Å²) >= 11 is 0. The first-order valence-corrected chi connectivity index (χ1v) is 14.2. The van der Waals surface area contributed by atoms with Gasteiger partial charge in [0.1, 0.15) is 5.75 Å². The largest absolute Gasteiger partial charge is 0.493 e. The number of rotatable bonds is 17. The number of benzene rings is 1. The van der Waals surface area contributed by atoms with Crippen molar-refractivity contribution in [1.82, 2.24) is 10.6 Å². The number of carbonyl (C=O) groups is 2. The van der Waals surface area contributed by atoms with Crippen molar-refractivity contribution < 1.29 is 33.0 Å². The number of carbonyl (C=O) groups excluding carboxylic acids is 2. The Balaban J connectivity index is 0.00000800. The number of ether oxygens (including phenoxy) is 2. The number of amides is 2. The smallest absolute Gasteiger partial charge is 0.327 e. The lowest BCUT2D eigenvalue weighted by molar-refractivity contribution is -0.156. The predicted octanol–water partition coefficient (Wildman–Crippen LogP) is 4.33. The van der Waals surface area contributed by atoms with Crippen LogP contribution in [-0.4, -0.2) is 68.4 Å². The maximum Gasteiger partial charge on any atom is 0.327 e. The number of aliphatic hydroxyl groups excluding tert-OH is 1. The molecule has 3 atom stereocenters. The molecule has 5 N–H and O–H groups in total. The van der Waals surface area contributed by atoms with E-state index < -0.39 is 29.9 Å². The van der Waals surface area contributed by atoms with Gasteiger partial charge in [-0.2, -0.15) is 8.78 Å². The summed E-state index contributed by atoms with van der Waals surface area (Å²) in [6, 6.07) is 6.27. The van der Waals surface area contributed by atoms with Gasteiger partial charge in [-0.05, 0) is 56.1 Å². The van der Waals surface area contributed by atoms with Crippen molar-refractivity contribution in [3.63, 3.8) is 0 Å². The molecule has 1 aromatic carbocycles. The molecule has 0 heterocycles. The topological polar surface area (TPSA) is 123 Å². The molecule has 0 unspecified atom stereocenters. The number of nitrogens with two attached hydrogens (primary N) is 1. The van der Waals surface area contributed by atoms with Crippen LogP contribution < -0.4 is 21.1 Å². The monoisotopic (exact) mass is 591 g/mol. The van der Waals surface area contributed by atoms with Crippen LogP contribution in [0.15, 0.2) is 24.3 Å². The van der Waals surface area contributed by atoms with Crippen molar-refractivity contribution in [3.8, 4) is 5.75 Å². The number of hydrogen-bond donors (Lipinski definition) is 4. The average molecular weight is 592 g/mol. The molecular formula is C29H48ClF2N3O5. The molecule has 1 aliphatic rings. The molecule has 0 aliphatic heterocycles. The van der Waals surface area contributed by atoms with E-state index in [-0.39, 0.29) is 36.7 Å². The quantitative estimate of drug-likeness (QED) is 0.200. The van der Waals surface area contributed by atoms with Crippen LogP contribution in [0.4, 0.5) is 8.78 Å². The van der Waals surface area contributed by atoms with Crippen LogP contribution in [0.3, 0.4) is 0 Å². The highest BCUT2D eigenvalue weighted by Crippen LogP contribution is 2.36. The van der Waals surface area contributed by atoms with Gasteiger partial charge in [0, 0.05) is 38.8 Å². The molecule has 2 amide bonds. The zero-order valence-corrected chi connectivity index (χ0v) is 24.8. The zero-order valence-electron chi connectivity index (χ0n) is 24.0. The van der Waals surface area contributed by atoms with Crippen molar-refractivity contribution in [3.05, 3.63) is 29.8 Å². The van der Waals surface area contributed by atoms with Crippen molar-refractivity contribution in [2.24, 2.45) is 23.5 Å². The van der Waals surface area contributed by atoms with Crippen LogP contribution in [0.1, 0.15) is 75.6 Å². The van der Waals surface area contributed by atoms with E-state index in [2.05, 4.69) is 10.6 Å². The third-order valence-electron chi connectivity index (χ3n) is 7.56. The van der Waals surface area contributed by atoms with Crippen molar-refractivity contribution >= 4 is 24.2 Å². The van der Waals surface area contributed by atoms with Crippen LogP contribution in [0.25, 0.3) is 0 Å². The molecule has 1 aliphatic carbocycles. The van der Waals surface area contributed by atoms with Gasteiger partial charge in [-0.25, -0.2) is 0 Å². The fourth-order valence-corrected chi connectivity index (χ4v) is 4.84. The van der Waals surface area contributed by atoms with Crippen LogP contribution >= 0.6 is 12.4 Å². The average Bonchev–Trinajstić information content (AvgIpc) is 2.93. The van der Waals surface area contributed by atoms with Gasteiger partial charge in [0.2, 0.25) is 0 Å². The van der Waals surface area contributed by atoms with Crippen LogP contribution in [0.2, 0.25) is 0 Å². The second-order valence-electron chi connectivity index (χ2n) is 10.9. The SMILES string of the molecule is COCCCCOc1ccccc1C(=O)NC[C@@H](C[C@H](N)[C@@H](O)CNC(=O)C(F)(F)C1CCCCC1)C(C)C.Cl. The van der Waals surface area contributed by atoms with Gasteiger partial charge in [0.05, 0.1) is 18.3 Å². The molecule has 1 aromatic rings. The van der Waals surface area contributed by atoms with E-state index >= 15 is 0 Å². The number of para-hydroxylation sites is 1. The summed E-state index contributed by atoms with van der Waals surface area (Å²) in [6.45, 7) is 5.05. The van der Waals surface area contributed by atoms with Gasteiger partial charge >= 0.3 is 5.92 Å². The van der Waals surface area contributed by atoms with E-state index in [0.717, 1.165) is 19.3 Å². The summed E-state index contributed by atoms with van der Waals surface area (Å²) in [4.78, 5) is 25.1. The maximum atomic E-state index is 14.6. The molecule has 230 valence electrons. The Labute approximate surface area is 243 Å². The van der Waals surface area contributed by atoms with Crippen LogP contribution in [0, 0.1) is 17.8 Å². The first-order chi connectivity index (χ1) is 18.6. The molecule has 1 saturated carbocycles. The molecule has 11 heteroatoms. The fourth-order valence-electron chi connectivity index (χ4n) is 4.84. The second-order valence-corrected chi connectivity index (χ2v) is 10.9. The normalized spacial score (nSPS) is 16.5. The highest BCUT2D eigenvalue weighted by molar-refractivity contribution is 5.96. The van der Waals surface area contributed by atoms with Gasteiger partial charge in [-0.3, -0.25) is 9.59 Å². The summed E-state index contributed by atoms with van der Waals surface area (Å²) in [5.41, 5.74) is 6.62. The second kappa shape index (κ2) is 18.4. The molecular weight excluding hydrogens is 544 g/mol. The molecule has 0 bridgehead atoms. The number of nitrogens with one attached hydrogen (secondary N) is 2. The van der Waals surface area contributed by atoms with E-state index in [9.17, 15) is 23.5 Å². The molecule has 40 heavy (non-hydrogen) atoms. The number of methoxy groups -OCH3 is 1. The lowest BCUT2D eigenvalue weighted by Gasteiger charge is -2.30. The van der Waals surface area contributed by atoms with Gasteiger partial charge in [0.25, 0.3) is 11.8 Å². The summed E-state index contributed by atoms with van der Waals surface area (Å²) < 4.78 is 40.0. The standard InChI is InChI=1S/C29H47F2N3O5.ClH/c1-20(2)21(18-33-27(36)23-13-7-8-14-26(23)39-16-10-9-15-38-3)17-24(32)25(35)19-34-28(37)29(30,31)22-11-5-4-6-12-22;/h7-8,13-14,20-22,24-25,35H,4-6,9-12,15-19,32H2,1-3H3,(H,33,36)(H,34,37);1H/t21-,24+,25+;/m1./s1. The summed E-state index contributed by atoms with van der Waals surface area (Å²) in [7, 11) is 1.65. The van der Waals surface area contributed by atoms with E-state index in [1.165, 1.54) is 0 Å². The highest BCUT2D eigenvalue weighted by atomic mass is 35.5. The molecule has 0 saturated heterocycles. The molecule has 0 aromatic heterocycles. The number of halogens is 3. The lowest BCUT2D eigenvalue weighted by atomic mass is 9.84. The van der Waals surface area contributed by atoms with Gasteiger partial charge < -0.3 is 30.9 Å². The zero-order chi connectivity index (χ0) is 28.8. The molecule has 2 rings (SSSR count). The molecule has 1 fully saturated rings. The molecule has 8 nitrogen and oxygen atoms in total. The number of unbranched alkanes of at least 4 members (excludes halogenated alkanes) is 1.